The van der Waals surface area contributed by atoms with Gasteiger partial charge in [0.2, 0.25) is 0 Å². The summed E-state index contributed by atoms with van der Waals surface area (Å²) in [6.45, 7) is 5.53. The topological polar surface area (TPSA) is 80.2 Å². The molecule has 1 atom stereocenters. The van der Waals surface area contributed by atoms with Crippen molar-refractivity contribution in [1.29, 1.82) is 0 Å². The van der Waals surface area contributed by atoms with Gasteiger partial charge in [0.25, 0.3) is 0 Å². The minimum atomic E-state index is -3.69. The predicted molar refractivity (Wildman–Crippen MR) is 101 cm³/mol. The van der Waals surface area contributed by atoms with Crippen molar-refractivity contribution in [3.05, 3.63) is 23.8 Å². The van der Waals surface area contributed by atoms with Crippen LogP contribution in [0, 0.1) is 5.92 Å². The fourth-order valence-corrected chi connectivity index (χ4v) is 4.31. The van der Waals surface area contributed by atoms with Gasteiger partial charge in [-0.25, -0.2) is 0 Å². The zero-order valence-electron chi connectivity index (χ0n) is 15.6. The van der Waals surface area contributed by atoms with Crippen molar-refractivity contribution >= 4 is 16.0 Å². The van der Waals surface area contributed by atoms with E-state index in [-0.39, 0.29) is 0 Å². The molecule has 0 aliphatic carbocycles. The Morgan fingerprint density at radius 2 is 2.08 bits per heavy atom. The highest BCUT2D eigenvalue weighted by atomic mass is 32.2. The molecule has 0 aromatic heterocycles. The largest absolute Gasteiger partial charge is 0.493 e. The molecular formula is C18H27N3O4S. The Morgan fingerprint density at radius 3 is 2.81 bits per heavy atom. The number of rotatable bonds is 5. The number of ether oxygens (including phenoxy) is 2. The van der Waals surface area contributed by atoms with Crippen molar-refractivity contribution in [3.8, 4) is 11.5 Å². The average Bonchev–Trinajstić information content (AvgIpc) is 2.83. The zero-order chi connectivity index (χ0) is 18.7. The molecule has 1 aromatic carbocycles. The van der Waals surface area contributed by atoms with Gasteiger partial charge in [-0.2, -0.15) is 13.1 Å². The van der Waals surface area contributed by atoms with Crippen LogP contribution in [0.3, 0.4) is 0 Å². The van der Waals surface area contributed by atoms with E-state index in [0.717, 1.165) is 31.4 Å². The van der Waals surface area contributed by atoms with Gasteiger partial charge in [-0.3, -0.25) is 0 Å². The van der Waals surface area contributed by atoms with Gasteiger partial charge < -0.3 is 14.4 Å². The second kappa shape index (κ2) is 7.84. The average molecular weight is 381 g/mol. The van der Waals surface area contributed by atoms with Crippen LogP contribution in [0.1, 0.15) is 51.3 Å². The summed E-state index contributed by atoms with van der Waals surface area (Å²) < 4.78 is 42.3. The van der Waals surface area contributed by atoms with Crippen molar-refractivity contribution in [3.63, 3.8) is 0 Å². The number of fused-ring (bicyclic) bond motifs is 1. The van der Waals surface area contributed by atoms with Crippen LogP contribution >= 0.6 is 0 Å². The maximum absolute atomic E-state index is 12.2. The minimum absolute atomic E-state index is 0.403. The second-order valence-corrected chi connectivity index (χ2v) is 8.49. The Labute approximate surface area is 155 Å². The minimum Gasteiger partial charge on any atom is -0.493 e. The van der Waals surface area contributed by atoms with Crippen LogP contribution in [0.25, 0.3) is 0 Å². The number of hydrogen-bond donors (Lipinski definition) is 1. The van der Waals surface area contributed by atoms with Crippen LogP contribution in [0.15, 0.2) is 22.6 Å². The lowest BCUT2D eigenvalue weighted by Crippen LogP contribution is -2.48. The summed E-state index contributed by atoms with van der Waals surface area (Å²) in [5, 5.41) is 0. The molecule has 2 aliphatic heterocycles. The number of methoxy groups -OCH3 is 1. The van der Waals surface area contributed by atoms with E-state index >= 15 is 0 Å². The molecule has 1 N–H and O–H groups in total. The third-order valence-electron chi connectivity index (χ3n) is 4.50. The fourth-order valence-electron chi connectivity index (χ4n) is 3.24. The summed E-state index contributed by atoms with van der Waals surface area (Å²) in [7, 11) is -2.11. The number of nitrogens with zero attached hydrogens (tertiary/aromatic N) is 2. The molecule has 7 nitrogen and oxygen atoms in total. The Balaban J connectivity index is 1.92. The Kier molecular flexibility index (Phi) is 5.72. The third kappa shape index (κ3) is 4.29. The third-order valence-corrected chi connectivity index (χ3v) is 5.48. The number of benzene rings is 1. The summed E-state index contributed by atoms with van der Waals surface area (Å²) in [6, 6.07) is 5.57. The van der Waals surface area contributed by atoms with E-state index in [0.29, 0.717) is 36.3 Å². The van der Waals surface area contributed by atoms with E-state index in [2.05, 4.69) is 27.9 Å². The van der Waals surface area contributed by atoms with E-state index < -0.39 is 16.4 Å². The Hall–Kier alpha value is -1.80. The van der Waals surface area contributed by atoms with E-state index in [9.17, 15) is 8.42 Å². The second-order valence-electron chi connectivity index (χ2n) is 7.12. The van der Waals surface area contributed by atoms with Crippen LogP contribution < -0.4 is 14.2 Å². The van der Waals surface area contributed by atoms with Crippen LogP contribution in [0.2, 0.25) is 0 Å². The lowest BCUT2D eigenvalue weighted by molar-refractivity contribution is 0.255. The first kappa shape index (κ1) is 19.0. The van der Waals surface area contributed by atoms with Crippen LogP contribution in [-0.2, 0) is 10.2 Å². The highest BCUT2D eigenvalue weighted by molar-refractivity contribution is 7.88. The van der Waals surface area contributed by atoms with E-state index in [1.807, 2.05) is 18.2 Å². The van der Waals surface area contributed by atoms with Crippen molar-refractivity contribution in [2.45, 2.75) is 45.7 Å². The normalized spacial score (nSPS) is 22.4. The maximum Gasteiger partial charge on any atom is 0.323 e. The summed E-state index contributed by atoms with van der Waals surface area (Å²) in [6.07, 6.45) is 3.27. The van der Waals surface area contributed by atoms with Gasteiger partial charge in [-0.15, -0.1) is 4.40 Å². The Bertz CT molecular complexity index is 777. The SMILES string of the molecule is COc1cc([C@H]2NS(=O)(=O)N=C3CCCCCN32)ccc1OCC(C)C. The molecule has 26 heavy (non-hydrogen) atoms. The summed E-state index contributed by atoms with van der Waals surface area (Å²) in [5.41, 5.74) is 0.816. The molecule has 8 heteroatoms. The highest BCUT2D eigenvalue weighted by Crippen LogP contribution is 2.34. The lowest BCUT2D eigenvalue weighted by Gasteiger charge is -2.36. The number of amidine groups is 1. The van der Waals surface area contributed by atoms with Crippen molar-refractivity contribution in [2.24, 2.45) is 10.3 Å². The molecule has 144 valence electrons. The molecule has 1 saturated heterocycles. The summed E-state index contributed by atoms with van der Waals surface area (Å²) in [4.78, 5) is 2.05. The van der Waals surface area contributed by atoms with Crippen LogP contribution in [0.5, 0.6) is 11.5 Å². The predicted octanol–water partition coefficient (Wildman–Crippen LogP) is 2.85. The van der Waals surface area contributed by atoms with E-state index in [1.54, 1.807) is 7.11 Å². The molecule has 0 amide bonds. The molecule has 0 saturated carbocycles. The molecule has 0 bridgehead atoms. The monoisotopic (exact) mass is 381 g/mol. The first-order chi connectivity index (χ1) is 12.4. The standard InChI is InChI=1S/C18H27N3O4S/c1-13(2)12-25-15-9-8-14(11-16(15)24-3)18-20-26(22,23)19-17-7-5-4-6-10-21(17)18/h8-9,11,13,18,20H,4-7,10,12H2,1-3H3/t18-/m0/s1. The van der Waals surface area contributed by atoms with Gasteiger partial charge in [0.15, 0.2) is 11.5 Å². The first-order valence-electron chi connectivity index (χ1n) is 9.08. The lowest BCUT2D eigenvalue weighted by atomic mass is 10.1. The molecule has 1 fully saturated rings. The maximum atomic E-state index is 12.2. The number of nitrogens with one attached hydrogen (secondary N) is 1. The van der Waals surface area contributed by atoms with Gasteiger partial charge >= 0.3 is 10.2 Å². The molecule has 0 spiro atoms. The van der Waals surface area contributed by atoms with E-state index in [4.69, 9.17) is 9.47 Å². The molecule has 2 heterocycles. The molecule has 0 unspecified atom stereocenters. The first-order valence-corrected chi connectivity index (χ1v) is 10.5. The molecule has 2 aliphatic rings. The van der Waals surface area contributed by atoms with Gasteiger partial charge in [-0.1, -0.05) is 26.3 Å². The van der Waals surface area contributed by atoms with Gasteiger partial charge in [0, 0.05) is 13.0 Å². The van der Waals surface area contributed by atoms with E-state index in [1.165, 1.54) is 0 Å². The van der Waals surface area contributed by atoms with Gasteiger partial charge in [0.05, 0.1) is 13.7 Å². The van der Waals surface area contributed by atoms with Gasteiger partial charge in [-0.05, 0) is 36.5 Å². The zero-order valence-corrected chi connectivity index (χ0v) is 16.4. The van der Waals surface area contributed by atoms with Crippen molar-refractivity contribution in [2.75, 3.05) is 20.3 Å². The summed E-state index contributed by atoms with van der Waals surface area (Å²) >= 11 is 0. The number of hydrogen-bond acceptors (Lipinski definition) is 5. The molecule has 3 rings (SSSR count). The molecule has 0 radical (unpaired) electrons. The fraction of sp³-hybridized carbons (Fsp3) is 0.611. The smallest absolute Gasteiger partial charge is 0.323 e. The molecular weight excluding hydrogens is 354 g/mol. The van der Waals surface area contributed by atoms with Crippen molar-refractivity contribution in [1.82, 2.24) is 9.62 Å². The highest BCUT2D eigenvalue weighted by Gasteiger charge is 2.34. The van der Waals surface area contributed by atoms with Crippen molar-refractivity contribution < 1.29 is 17.9 Å². The summed E-state index contributed by atoms with van der Waals surface area (Å²) in [5.74, 6) is 2.31. The Morgan fingerprint density at radius 1 is 1.27 bits per heavy atom. The van der Waals surface area contributed by atoms with Crippen LogP contribution in [-0.4, -0.2) is 39.4 Å². The van der Waals surface area contributed by atoms with Crippen LogP contribution in [0.4, 0.5) is 0 Å². The van der Waals surface area contributed by atoms with Gasteiger partial charge in [0.1, 0.15) is 12.0 Å². The molecule has 1 aromatic rings. The quantitative estimate of drug-likeness (QED) is 0.848.